The number of amides is 1. The molecule has 5 nitrogen and oxygen atoms in total. The van der Waals surface area contributed by atoms with E-state index in [2.05, 4.69) is 4.98 Å². The number of anilines is 1. The lowest BCUT2D eigenvalue weighted by Crippen LogP contribution is -2.31. The second kappa shape index (κ2) is 8.94. The van der Waals surface area contributed by atoms with Gasteiger partial charge in [-0.05, 0) is 35.9 Å². The van der Waals surface area contributed by atoms with Crippen molar-refractivity contribution < 1.29 is 14.3 Å². The molecule has 4 aromatic rings. The summed E-state index contributed by atoms with van der Waals surface area (Å²) in [5.74, 6) is 1.25. The molecular weight excluding hydrogens is 400 g/mol. The molecule has 0 spiro atoms. The van der Waals surface area contributed by atoms with Gasteiger partial charge in [0.1, 0.15) is 13.2 Å². The van der Waals surface area contributed by atoms with Crippen LogP contribution in [0.2, 0.25) is 0 Å². The molecule has 2 heterocycles. The molecule has 0 atom stereocenters. The highest BCUT2D eigenvalue weighted by molar-refractivity contribution is 6.13. The van der Waals surface area contributed by atoms with E-state index in [-0.39, 0.29) is 5.91 Å². The first-order chi connectivity index (χ1) is 15.8. The Morgan fingerprint density at radius 1 is 0.906 bits per heavy atom. The summed E-state index contributed by atoms with van der Waals surface area (Å²) in [5, 5.41) is 0.828. The van der Waals surface area contributed by atoms with Crippen LogP contribution < -0.4 is 14.4 Å². The highest BCUT2D eigenvalue weighted by Gasteiger charge is 2.21. The van der Waals surface area contributed by atoms with Gasteiger partial charge >= 0.3 is 0 Å². The monoisotopic (exact) mass is 422 g/mol. The van der Waals surface area contributed by atoms with Gasteiger partial charge in [0.15, 0.2) is 11.5 Å². The summed E-state index contributed by atoms with van der Waals surface area (Å²) in [4.78, 5) is 19.9. The lowest BCUT2D eigenvalue weighted by molar-refractivity contribution is 0.0991. The number of benzene rings is 3. The van der Waals surface area contributed by atoms with Gasteiger partial charge in [-0.25, -0.2) is 0 Å². The number of hydrogen-bond donors (Lipinski definition) is 0. The first-order valence-corrected chi connectivity index (χ1v) is 10.6. The van der Waals surface area contributed by atoms with Crippen molar-refractivity contribution in [2.45, 2.75) is 0 Å². The molecule has 1 amide bonds. The summed E-state index contributed by atoms with van der Waals surface area (Å²) in [5.41, 5.74) is 3.23. The maximum Gasteiger partial charge on any atom is 0.259 e. The van der Waals surface area contributed by atoms with Crippen molar-refractivity contribution in [3.63, 3.8) is 0 Å². The molecule has 0 unspecified atom stereocenters. The molecule has 5 rings (SSSR count). The van der Waals surface area contributed by atoms with E-state index < -0.39 is 0 Å². The van der Waals surface area contributed by atoms with Gasteiger partial charge < -0.3 is 14.4 Å². The predicted octanol–water partition coefficient (Wildman–Crippen LogP) is 5.37. The van der Waals surface area contributed by atoms with Crippen molar-refractivity contribution >= 4 is 28.6 Å². The minimum atomic E-state index is -0.0991. The third kappa shape index (κ3) is 4.05. The summed E-state index contributed by atoms with van der Waals surface area (Å²) in [6, 6.07) is 25.0. The molecule has 0 N–H and O–H groups in total. The summed E-state index contributed by atoms with van der Waals surface area (Å²) in [6.07, 6.45) is 5.74. The molecule has 0 fully saturated rings. The fraction of sp³-hybridized carbons (Fsp3) is 0.111. The Morgan fingerprint density at radius 2 is 1.75 bits per heavy atom. The Morgan fingerprint density at radius 3 is 2.62 bits per heavy atom. The first-order valence-electron chi connectivity index (χ1n) is 10.6. The molecule has 1 aliphatic rings. The Kier molecular flexibility index (Phi) is 5.54. The van der Waals surface area contributed by atoms with E-state index >= 15 is 0 Å². The molecule has 0 saturated carbocycles. The molecule has 0 aliphatic carbocycles. The zero-order valence-electron chi connectivity index (χ0n) is 17.5. The van der Waals surface area contributed by atoms with Crippen LogP contribution in [0.1, 0.15) is 15.9 Å². The Labute approximate surface area is 186 Å². The quantitative estimate of drug-likeness (QED) is 0.434. The standard InChI is InChI=1S/C27H22N2O3/c30-27(23-10-4-12-24-22(23)11-5-15-28-24)29(16-6-9-20-7-2-1-3-8-20)21-13-14-25-26(19-21)32-18-17-31-25/h1-15,19H,16-18H2/b9-6+. The number of hydrogen-bond acceptors (Lipinski definition) is 4. The topological polar surface area (TPSA) is 51.7 Å². The number of pyridine rings is 1. The summed E-state index contributed by atoms with van der Waals surface area (Å²) >= 11 is 0. The summed E-state index contributed by atoms with van der Waals surface area (Å²) < 4.78 is 11.4. The van der Waals surface area contributed by atoms with Gasteiger partial charge in [-0.3, -0.25) is 9.78 Å². The normalized spacial score (nSPS) is 12.8. The Hall–Kier alpha value is -4.12. The average molecular weight is 422 g/mol. The van der Waals surface area contributed by atoms with Gasteiger partial charge in [-0.2, -0.15) is 0 Å². The fourth-order valence-corrected chi connectivity index (χ4v) is 3.80. The molecule has 32 heavy (non-hydrogen) atoms. The van der Waals surface area contributed by atoms with Gasteiger partial charge in [0, 0.05) is 35.4 Å². The minimum Gasteiger partial charge on any atom is -0.486 e. The van der Waals surface area contributed by atoms with Crippen molar-refractivity contribution in [2.24, 2.45) is 0 Å². The predicted molar refractivity (Wildman–Crippen MR) is 126 cm³/mol. The van der Waals surface area contributed by atoms with E-state index in [1.807, 2.05) is 91.0 Å². The van der Waals surface area contributed by atoms with Gasteiger partial charge in [-0.1, -0.05) is 54.6 Å². The second-order valence-corrected chi connectivity index (χ2v) is 7.43. The van der Waals surface area contributed by atoms with Crippen molar-refractivity contribution in [3.8, 4) is 11.5 Å². The van der Waals surface area contributed by atoms with Crippen molar-refractivity contribution in [1.29, 1.82) is 0 Å². The minimum absolute atomic E-state index is 0.0991. The first kappa shape index (κ1) is 19.8. The average Bonchev–Trinajstić information content (AvgIpc) is 2.86. The molecule has 0 bridgehead atoms. The van der Waals surface area contributed by atoms with Crippen LogP contribution in [-0.2, 0) is 0 Å². The molecule has 1 aliphatic heterocycles. The maximum absolute atomic E-state index is 13.8. The van der Waals surface area contributed by atoms with Crippen LogP contribution in [0.15, 0.2) is 91.1 Å². The molecule has 5 heteroatoms. The fourth-order valence-electron chi connectivity index (χ4n) is 3.80. The van der Waals surface area contributed by atoms with E-state index in [9.17, 15) is 4.79 Å². The van der Waals surface area contributed by atoms with Crippen molar-refractivity contribution in [1.82, 2.24) is 4.98 Å². The van der Waals surface area contributed by atoms with Crippen molar-refractivity contribution in [3.05, 3.63) is 102 Å². The number of nitrogens with zero attached hydrogens (tertiary/aromatic N) is 2. The van der Waals surface area contributed by atoms with Gasteiger partial charge in [-0.15, -0.1) is 0 Å². The highest BCUT2D eigenvalue weighted by Crippen LogP contribution is 2.35. The van der Waals surface area contributed by atoms with E-state index in [0.717, 1.165) is 22.2 Å². The smallest absolute Gasteiger partial charge is 0.259 e. The molecule has 0 saturated heterocycles. The van der Waals surface area contributed by atoms with Gasteiger partial charge in [0.2, 0.25) is 0 Å². The SMILES string of the molecule is O=C(c1cccc2ncccc12)N(C/C=C/c1ccccc1)c1ccc2c(c1)OCCO2. The largest absolute Gasteiger partial charge is 0.486 e. The highest BCUT2D eigenvalue weighted by atomic mass is 16.6. The third-order valence-electron chi connectivity index (χ3n) is 5.36. The van der Waals surface area contributed by atoms with Crippen molar-refractivity contribution in [2.75, 3.05) is 24.7 Å². The lowest BCUT2D eigenvalue weighted by Gasteiger charge is -2.25. The molecule has 3 aromatic carbocycles. The number of fused-ring (bicyclic) bond motifs is 2. The number of rotatable bonds is 5. The van der Waals surface area contributed by atoms with E-state index in [0.29, 0.717) is 36.8 Å². The van der Waals surface area contributed by atoms with Crippen LogP contribution in [0.3, 0.4) is 0 Å². The zero-order chi connectivity index (χ0) is 21.8. The van der Waals surface area contributed by atoms with E-state index in [4.69, 9.17) is 9.47 Å². The van der Waals surface area contributed by atoms with Crippen LogP contribution >= 0.6 is 0 Å². The number of carbonyl (C=O) groups is 1. The maximum atomic E-state index is 13.8. The van der Waals surface area contributed by atoms with E-state index in [1.54, 1.807) is 11.1 Å². The van der Waals surface area contributed by atoms with E-state index in [1.165, 1.54) is 0 Å². The number of ether oxygens (including phenoxy) is 2. The number of aromatic nitrogens is 1. The zero-order valence-corrected chi connectivity index (χ0v) is 17.5. The van der Waals surface area contributed by atoms with Crippen LogP contribution in [0.5, 0.6) is 11.5 Å². The Bertz CT molecular complexity index is 1280. The van der Waals surface area contributed by atoms with Crippen LogP contribution in [-0.4, -0.2) is 30.6 Å². The van der Waals surface area contributed by atoms with Crippen LogP contribution in [0.25, 0.3) is 17.0 Å². The van der Waals surface area contributed by atoms with Gasteiger partial charge in [0.25, 0.3) is 5.91 Å². The molecule has 1 aromatic heterocycles. The summed E-state index contributed by atoms with van der Waals surface area (Å²) in [7, 11) is 0. The lowest BCUT2D eigenvalue weighted by atomic mass is 10.1. The number of carbonyl (C=O) groups excluding carboxylic acids is 1. The Balaban J connectivity index is 1.53. The third-order valence-corrected chi connectivity index (χ3v) is 5.36. The van der Waals surface area contributed by atoms with Crippen LogP contribution in [0, 0.1) is 0 Å². The molecular formula is C27H22N2O3. The second-order valence-electron chi connectivity index (χ2n) is 7.43. The summed E-state index contributed by atoms with van der Waals surface area (Å²) in [6.45, 7) is 1.43. The van der Waals surface area contributed by atoms with Crippen LogP contribution in [0.4, 0.5) is 5.69 Å². The molecule has 158 valence electrons. The molecule has 0 radical (unpaired) electrons. The van der Waals surface area contributed by atoms with Gasteiger partial charge in [0.05, 0.1) is 5.52 Å².